The van der Waals surface area contributed by atoms with Crippen molar-refractivity contribution in [2.24, 2.45) is 5.92 Å². The summed E-state index contributed by atoms with van der Waals surface area (Å²) in [6, 6.07) is 0.395. The molecule has 1 amide bonds. The first-order chi connectivity index (χ1) is 18.8. The molecule has 12 heteroatoms. The number of nitrogens with zero attached hydrogens (tertiary/aromatic N) is 5. The molecule has 3 fully saturated rings. The molecule has 11 nitrogen and oxygen atoms in total. The molecule has 0 spiro atoms. The third kappa shape index (κ3) is 6.32. The van der Waals surface area contributed by atoms with E-state index in [4.69, 9.17) is 19.4 Å². The molecule has 1 aliphatic carbocycles. The fourth-order valence-corrected chi connectivity index (χ4v) is 5.58. The number of nitrogens with one attached hydrogen (secondary N) is 2. The Labute approximate surface area is 227 Å². The third-order valence-corrected chi connectivity index (χ3v) is 7.91. The molecule has 212 valence electrons. The number of ether oxygens (including phenoxy) is 2. The molecule has 2 aromatic rings. The summed E-state index contributed by atoms with van der Waals surface area (Å²) in [5.41, 5.74) is 1.85. The van der Waals surface area contributed by atoms with E-state index >= 15 is 0 Å². The van der Waals surface area contributed by atoms with E-state index in [1.54, 1.807) is 4.52 Å². The van der Waals surface area contributed by atoms with E-state index in [-0.39, 0.29) is 36.4 Å². The highest BCUT2D eigenvalue weighted by Gasteiger charge is 2.34. The number of hydrogen-bond acceptors (Lipinski definition) is 9. The Morgan fingerprint density at radius 2 is 1.79 bits per heavy atom. The van der Waals surface area contributed by atoms with Crippen LogP contribution in [0.5, 0.6) is 0 Å². The zero-order chi connectivity index (χ0) is 27.5. The van der Waals surface area contributed by atoms with E-state index < -0.39 is 17.8 Å². The van der Waals surface area contributed by atoms with Gasteiger partial charge >= 0.3 is 5.97 Å². The maximum absolute atomic E-state index is 13.1. The van der Waals surface area contributed by atoms with E-state index in [2.05, 4.69) is 36.2 Å². The van der Waals surface area contributed by atoms with Crippen molar-refractivity contribution in [1.29, 1.82) is 0 Å². The number of hydrogen-bond donors (Lipinski definition) is 2. The second-order valence-corrected chi connectivity index (χ2v) is 11.1. The first-order valence-corrected chi connectivity index (χ1v) is 14.0. The lowest BCUT2D eigenvalue weighted by molar-refractivity contribution is -0.155. The summed E-state index contributed by atoms with van der Waals surface area (Å²) in [6.45, 7) is 9.33. The molecule has 0 bridgehead atoms. The van der Waals surface area contributed by atoms with E-state index in [0.29, 0.717) is 37.7 Å². The molecule has 1 saturated carbocycles. The molecule has 0 radical (unpaired) electrons. The number of rotatable bonds is 8. The van der Waals surface area contributed by atoms with Gasteiger partial charge in [0.15, 0.2) is 11.5 Å². The van der Waals surface area contributed by atoms with Gasteiger partial charge in [0.05, 0.1) is 18.7 Å². The minimum atomic E-state index is -0.990. The van der Waals surface area contributed by atoms with Gasteiger partial charge in [-0.15, -0.1) is 0 Å². The maximum atomic E-state index is 13.1. The largest absolute Gasteiger partial charge is 0.460 e. The van der Waals surface area contributed by atoms with Crippen molar-refractivity contribution in [3.8, 4) is 0 Å². The van der Waals surface area contributed by atoms with E-state index in [0.717, 1.165) is 50.1 Å². The molecular formula is C27H38FN7O4. The van der Waals surface area contributed by atoms with Crippen LogP contribution in [0.15, 0.2) is 18.6 Å². The fourth-order valence-electron chi connectivity index (χ4n) is 5.58. The van der Waals surface area contributed by atoms with Crippen LogP contribution in [0, 0.1) is 5.92 Å². The molecule has 0 aromatic carbocycles. The molecule has 2 N–H and O–H groups in total. The van der Waals surface area contributed by atoms with Crippen LogP contribution in [0.25, 0.3) is 5.65 Å². The Morgan fingerprint density at radius 1 is 1.08 bits per heavy atom. The van der Waals surface area contributed by atoms with Crippen molar-refractivity contribution in [1.82, 2.24) is 24.5 Å². The molecule has 4 heterocycles. The second-order valence-electron chi connectivity index (χ2n) is 11.1. The van der Waals surface area contributed by atoms with Crippen LogP contribution in [0.1, 0.15) is 70.3 Å². The zero-order valence-corrected chi connectivity index (χ0v) is 22.7. The minimum absolute atomic E-state index is 0.130. The highest BCUT2D eigenvalue weighted by atomic mass is 19.1. The van der Waals surface area contributed by atoms with Crippen molar-refractivity contribution in [3.05, 3.63) is 24.2 Å². The van der Waals surface area contributed by atoms with Crippen LogP contribution in [0.3, 0.4) is 0 Å². The molecule has 1 unspecified atom stereocenters. The number of anilines is 2. The topological polar surface area (TPSA) is 123 Å². The lowest BCUT2D eigenvalue weighted by Gasteiger charge is -2.29. The standard InChI is InChI=1S/C27H38FN7O4/c1-16(2)22-14-29-35-23(22)32-26(30-20-9-12-38-13-10-20)33-27(35)31-19-6-4-18(5-7-19)25(37)39-21-8-11-34(15-21)24(36)17(3)28/h14,16,18-21H,3-13,15H2,1-2H3,(H2,30,31,32,33). The van der Waals surface area contributed by atoms with Crippen molar-refractivity contribution in [2.45, 2.75) is 82.9 Å². The van der Waals surface area contributed by atoms with Crippen LogP contribution in [0.4, 0.5) is 16.3 Å². The summed E-state index contributed by atoms with van der Waals surface area (Å²) >= 11 is 0. The number of aromatic nitrogens is 4. The second kappa shape index (κ2) is 11.8. The zero-order valence-electron chi connectivity index (χ0n) is 22.7. The number of amides is 1. The van der Waals surface area contributed by atoms with Crippen molar-refractivity contribution >= 4 is 29.4 Å². The van der Waals surface area contributed by atoms with E-state index in [9.17, 15) is 14.0 Å². The van der Waals surface area contributed by atoms with Gasteiger partial charge in [-0.1, -0.05) is 20.4 Å². The average Bonchev–Trinajstić information content (AvgIpc) is 3.57. The Kier molecular flexibility index (Phi) is 8.29. The van der Waals surface area contributed by atoms with Gasteiger partial charge in [-0.25, -0.2) is 4.39 Å². The number of carbonyl (C=O) groups excluding carboxylic acids is 2. The number of likely N-dealkylation sites (tertiary alicyclic amines) is 1. The summed E-state index contributed by atoms with van der Waals surface area (Å²) in [7, 11) is 0. The Hall–Kier alpha value is -3.28. The number of fused-ring (bicyclic) bond motifs is 1. The van der Waals surface area contributed by atoms with Gasteiger partial charge in [0.1, 0.15) is 6.10 Å². The molecular weight excluding hydrogens is 505 g/mol. The Balaban J connectivity index is 1.20. The number of esters is 1. The van der Waals surface area contributed by atoms with Crippen LogP contribution in [-0.2, 0) is 19.1 Å². The molecule has 2 aliphatic heterocycles. The minimum Gasteiger partial charge on any atom is -0.460 e. The monoisotopic (exact) mass is 543 g/mol. The summed E-state index contributed by atoms with van der Waals surface area (Å²) in [6.07, 6.45) is 6.72. The van der Waals surface area contributed by atoms with E-state index in [1.165, 1.54) is 4.90 Å². The third-order valence-electron chi connectivity index (χ3n) is 7.91. The summed E-state index contributed by atoms with van der Waals surface area (Å²) in [5.74, 6) is -0.679. The van der Waals surface area contributed by atoms with Gasteiger partial charge in [0.25, 0.3) is 5.91 Å². The summed E-state index contributed by atoms with van der Waals surface area (Å²) < 4.78 is 26.1. The van der Waals surface area contributed by atoms with E-state index in [1.807, 2.05) is 6.20 Å². The van der Waals surface area contributed by atoms with Gasteiger partial charge < -0.3 is 25.0 Å². The maximum Gasteiger partial charge on any atom is 0.309 e. The SMILES string of the molecule is C=C(F)C(=O)N1CCC(OC(=O)C2CCC(Nc3nc(NC4CCOCC4)nc4c(C(C)C)cnn34)CC2)C1. The first kappa shape index (κ1) is 27.3. The van der Waals surface area contributed by atoms with Gasteiger partial charge in [0.2, 0.25) is 11.9 Å². The highest BCUT2D eigenvalue weighted by Crippen LogP contribution is 2.30. The highest BCUT2D eigenvalue weighted by molar-refractivity contribution is 5.90. The Morgan fingerprint density at radius 3 is 2.49 bits per heavy atom. The molecule has 2 aromatic heterocycles. The molecule has 5 rings (SSSR count). The number of halogens is 1. The van der Waals surface area contributed by atoms with Crippen LogP contribution in [-0.4, -0.2) is 80.8 Å². The van der Waals surface area contributed by atoms with Gasteiger partial charge in [-0.2, -0.15) is 19.6 Å². The van der Waals surface area contributed by atoms with Gasteiger partial charge in [0, 0.05) is 43.8 Å². The average molecular weight is 544 g/mol. The molecule has 39 heavy (non-hydrogen) atoms. The predicted molar refractivity (Wildman–Crippen MR) is 143 cm³/mol. The van der Waals surface area contributed by atoms with Crippen molar-refractivity contribution < 1.29 is 23.5 Å². The smallest absolute Gasteiger partial charge is 0.309 e. The molecule has 2 saturated heterocycles. The van der Waals surface area contributed by atoms with Crippen LogP contribution in [0.2, 0.25) is 0 Å². The lowest BCUT2D eigenvalue weighted by Crippen LogP contribution is -2.34. The summed E-state index contributed by atoms with van der Waals surface area (Å²) in [5, 5.41) is 11.6. The predicted octanol–water partition coefficient (Wildman–Crippen LogP) is 3.44. The first-order valence-electron chi connectivity index (χ1n) is 14.0. The Bertz CT molecular complexity index is 1200. The quantitative estimate of drug-likeness (QED) is 0.381. The van der Waals surface area contributed by atoms with Crippen LogP contribution < -0.4 is 10.6 Å². The van der Waals surface area contributed by atoms with Gasteiger partial charge in [-0.3, -0.25) is 9.59 Å². The van der Waals surface area contributed by atoms with Crippen molar-refractivity contribution in [3.63, 3.8) is 0 Å². The lowest BCUT2D eigenvalue weighted by atomic mass is 9.86. The number of carbonyl (C=O) groups is 2. The van der Waals surface area contributed by atoms with Gasteiger partial charge in [-0.05, 0) is 44.4 Å². The molecule has 3 aliphatic rings. The van der Waals surface area contributed by atoms with Crippen LogP contribution >= 0.6 is 0 Å². The normalized spacial score (nSPS) is 24.2. The molecule has 1 atom stereocenters. The van der Waals surface area contributed by atoms with Crippen molar-refractivity contribution in [2.75, 3.05) is 36.9 Å². The summed E-state index contributed by atoms with van der Waals surface area (Å²) in [4.78, 5) is 35.5. The fraction of sp³-hybridized carbons (Fsp3) is 0.667.